The number of hydrogen-bond acceptors (Lipinski definition) is 5. The summed E-state index contributed by atoms with van der Waals surface area (Å²) in [6.45, 7) is 1.68. The zero-order valence-corrected chi connectivity index (χ0v) is 13.6. The zero-order chi connectivity index (χ0) is 17.8. The molecule has 126 valence electrons. The molecule has 0 aliphatic carbocycles. The average molecular weight is 335 g/mol. The fourth-order valence-electron chi connectivity index (χ4n) is 2.44. The van der Waals surface area contributed by atoms with E-state index in [1.54, 1.807) is 37.3 Å². The monoisotopic (exact) mass is 335 g/mol. The maximum atomic E-state index is 11.3. The third kappa shape index (κ3) is 3.81. The molecule has 25 heavy (non-hydrogen) atoms. The molecule has 1 aromatic heterocycles. The molecule has 0 saturated heterocycles. The van der Waals surface area contributed by atoms with Crippen LogP contribution in [-0.2, 0) is 0 Å². The quantitative estimate of drug-likeness (QED) is 0.531. The van der Waals surface area contributed by atoms with Crippen LogP contribution in [0.25, 0.3) is 11.3 Å². The summed E-state index contributed by atoms with van der Waals surface area (Å²) >= 11 is 0. The summed E-state index contributed by atoms with van der Waals surface area (Å²) < 4.78 is 0. The lowest BCUT2D eigenvalue weighted by molar-refractivity contribution is -0.384. The molecule has 1 atom stereocenters. The van der Waals surface area contributed by atoms with Gasteiger partial charge >= 0.3 is 5.69 Å². The number of nitro groups is 1. The van der Waals surface area contributed by atoms with Crippen LogP contribution in [0.1, 0.15) is 18.6 Å². The maximum Gasteiger partial charge on any atom is 0.311 e. The standard InChI is InChI=1S/C19H17N3O3/c1-13(23)14-7-9-16(10-8-14)20-19-18(22(24)25)12-11-17(21-19)15-5-3-2-4-6-15/h2-13,23H,1H3,(H,20,21). The van der Waals surface area contributed by atoms with Crippen molar-refractivity contribution in [1.82, 2.24) is 4.98 Å². The molecule has 0 radical (unpaired) electrons. The van der Waals surface area contributed by atoms with E-state index in [0.29, 0.717) is 11.4 Å². The van der Waals surface area contributed by atoms with Crippen LogP contribution in [0.4, 0.5) is 17.2 Å². The number of benzene rings is 2. The lowest BCUT2D eigenvalue weighted by Gasteiger charge is -2.10. The molecule has 6 heteroatoms. The van der Waals surface area contributed by atoms with Crippen molar-refractivity contribution in [2.45, 2.75) is 13.0 Å². The first-order chi connectivity index (χ1) is 12.0. The Labute approximate surface area is 144 Å². The molecule has 2 aromatic carbocycles. The SMILES string of the molecule is CC(O)c1ccc(Nc2nc(-c3ccccc3)ccc2[N+](=O)[O-])cc1. The summed E-state index contributed by atoms with van der Waals surface area (Å²) in [4.78, 5) is 15.2. The van der Waals surface area contributed by atoms with Crippen LogP contribution in [0.15, 0.2) is 66.7 Å². The van der Waals surface area contributed by atoms with Gasteiger partial charge in [0.05, 0.1) is 16.7 Å². The number of rotatable bonds is 5. The molecular formula is C19H17N3O3. The molecule has 0 fully saturated rings. The Kier molecular flexibility index (Phi) is 4.72. The zero-order valence-electron chi connectivity index (χ0n) is 13.6. The van der Waals surface area contributed by atoms with Gasteiger partial charge in [0, 0.05) is 17.3 Å². The van der Waals surface area contributed by atoms with E-state index in [1.807, 2.05) is 30.3 Å². The molecular weight excluding hydrogens is 318 g/mol. The number of pyridine rings is 1. The van der Waals surface area contributed by atoms with Crippen LogP contribution in [-0.4, -0.2) is 15.0 Å². The predicted molar refractivity (Wildman–Crippen MR) is 96.7 cm³/mol. The Bertz CT molecular complexity index is 878. The summed E-state index contributed by atoms with van der Waals surface area (Å²) in [5.41, 5.74) is 2.86. The van der Waals surface area contributed by atoms with Crippen molar-refractivity contribution in [2.75, 3.05) is 5.32 Å². The lowest BCUT2D eigenvalue weighted by Crippen LogP contribution is -2.01. The third-order valence-electron chi connectivity index (χ3n) is 3.80. The summed E-state index contributed by atoms with van der Waals surface area (Å²) in [6.07, 6.45) is -0.567. The van der Waals surface area contributed by atoms with Gasteiger partial charge in [0.2, 0.25) is 5.82 Å². The van der Waals surface area contributed by atoms with Crippen LogP contribution in [0.5, 0.6) is 0 Å². The van der Waals surface area contributed by atoms with Gasteiger partial charge in [-0.25, -0.2) is 4.98 Å². The normalized spacial score (nSPS) is 11.8. The molecule has 0 amide bonds. The minimum atomic E-state index is -0.567. The Morgan fingerprint density at radius 1 is 1.04 bits per heavy atom. The van der Waals surface area contributed by atoms with Crippen molar-refractivity contribution in [3.05, 3.63) is 82.4 Å². The van der Waals surface area contributed by atoms with Gasteiger partial charge in [-0.05, 0) is 30.7 Å². The van der Waals surface area contributed by atoms with Gasteiger partial charge in [0.25, 0.3) is 0 Å². The van der Waals surface area contributed by atoms with Crippen molar-refractivity contribution in [1.29, 1.82) is 0 Å². The summed E-state index contributed by atoms with van der Waals surface area (Å²) in [7, 11) is 0. The molecule has 0 aliphatic heterocycles. The van der Waals surface area contributed by atoms with Crippen molar-refractivity contribution in [2.24, 2.45) is 0 Å². The van der Waals surface area contributed by atoms with Crippen molar-refractivity contribution >= 4 is 17.2 Å². The number of nitrogens with one attached hydrogen (secondary N) is 1. The van der Waals surface area contributed by atoms with E-state index in [2.05, 4.69) is 10.3 Å². The second kappa shape index (κ2) is 7.11. The Balaban J connectivity index is 1.96. The van der Waals surface area contributed by atoms with Crippen molar-refractivity contribution in [3.63, 3.8) is 0 Å². The molecule has 2 N–H and O–H groups in total. The number of aromatic nitrogens is 1. The van der Waals surface area contributed by atoms with Gasteiger partial charge in [-0.15, -0.1) is 0 Å². The summed E-state index contributed by atoms with van der Waals surface area (Å²) in [5, 5.41) is 23.9. The highest BCUT2D eigenvalue weighted by molar-refractivity contribution is 5.70. The van der Waals surface area contributed by atoms with Crippen LogP contribution >= 0.6 is 0 Å². The Morgan fingerprint density at radius 2 is 1.72 bits per heavy atom. The van der Waals surface area contributed by atoms with Crippen molar-refractivity contribution < 1.29 is 10.0 Å². The van der Waals surface area contributed by atoms with Crippen molar-refractivity contribution in [3.8, 4) is 11.3 Å². The smallest absolute Gasteiger partial charge is 0.311 e. The highest BCUT2D eigenvalue weighted by atomic mass is 16.6. The van der Waals surface area contributed by atoms with Gasteiger partial charge < -0.3 is 10.4 Å². The first kappa shape index (κ1) is 16.6. The molecule has 1 unspecified atom stereocenters. The van der Waals surface area contributed by atoms with Gasteiger partial charge in [-0.2, -0.15) is 0 Å². The topological polar surface area (TPSA) is 88.3 Å². The van der Waals surface area contributed by atoms with Crippen LogP contribution in [0.3, 0.4) is 0 Å². The Morgan fingerprint density at radius 3 is 2.32 bits per heavy atom. The molecule has 0 spiro atoms. The van der Waals surface area contributed by atoms with E-state index in [9.17, 15) is 15.2 Å². The van der Waals surface area contributed by atoms with E-state index in [0.717, 1.165) is 11.1 Å². The van der Waals surface area contributed by atoms with Gasteiger partial charge in [0.1, 0.15) is 0 Å². The number of aliphatic hydroxyl groups excluding tert-OH is 1. The highest BCUT2D eigenvalue weighted by Crippen LogP contribution is 2.29. The number of anilines is 2. The Hall–Kier alpha value is -3.25. The first-order valence-corrected chi connectivity index (χ1v) is 7.80. The molecule has 0 bridgehead atoms. The molecule has 0 aliphatic rings. The van der Waals surface area contributed by atoms with E-state index < -0.39 is 11.0 Å². The van der Waals surface area contributed by atoms with Crippen LogP contribution in [0.2, 0.25) is 0 Å². The molecule has 3 rings (SSSR count). The fraction of sp³-hybridized carbons (Fsp3) is 0.105. The number of nitrogens with zero attached hydrogens (tertiary/aromatic N) is 2. The van der Waals surface area contributed by atoms with Gasteiger partial charge in [-0.3, -0.25) is 10.1 Å². The lowest BCUT2D eigenvalue weighted by atomic mass is 10.1. The highest BCUT2D eigenvalue weighted by Gasteiger charge is 2.17. The minimum Gasteiger partial charge on any atom is -0.389 e. The number of hydrogen-bond donors (Lipinski definition) is 2. The van der Waals surface area contributed by atoms with Crippen LogP contribution in [0, 0.1) is 10.1 Å². The molecule has 0 saturated carbocycles. The van der Waals surface area contributed by atoms with E-state index in [1.165, 1.54) is 6.07 Å². The minimum absolute atomic E-state index is 0.0979. The third-order valence-corrected chi connectivity index (χ3v) is 3.80. The van der Waals surface area contributed by atoms with E-state index in [-0.39, 0.29) is 11.5 Å². The largest absolute Gasteiger partial charge is 0.389 e. The van der Waals surface area contributed by atoms with Crippen LogP contribution < -0.4 is 5.32 Å². The fourth-order valence-corrected chi connectivity index (χ4v) is 2.44. The predicted octanol–water partition coefficient (Wildman–Crippen LogP) is 4.45. The molecule has 3 aromatic rings. The molecule has 1 heterocycles. The summed E-state index contributed by atoms with van der Waals surface area (Å²) in [5.74, 6) is 0.177. The number of aliphatic hydroxyl groups is 1. The van der Waals surface area contributed by atoms with Gasteiger partial charge in [0.15, 0.2) is 0 Å². The van der Waals surface area contributed by atoms with E-state index >= 15 is 0 Å². The second-order valence-electron chi connectivity index (χ2n) is 5.61. The average Bonchev–Trinajstić information content (AvgIpc) is 2.62. The second-order valence-corrected chi connectivity index (χ2v) is 5.61. The van der Waals surface area contributed by atoms with E-state index in [4.69, 9.17) is 0 Å². The molecule has 6 nitrogen and oxygen atoms in total. The first-order valence-electron chi connectivity index (χ1n) is 7.80. The summed E-state index contributed by atoms with van der Waals surface area (Å²) in [6, 6.07) is 19.6. The maximum absolute atomic E-state index is 11.3. The van der Waals surface area contributed by atoms with Gasteiger partial charge in [-0.1, -0.05) is 42.5 Å².